The minimum absolute atomic E-state index is 0.0753. The van der Waals surface area contributed by atoms with Crippen molar-refractivity contribution in [1.29, 1.82) is 0 Å². The van der Waals surface area contributed by atoms with Crippen LogP contribution >= 0.6 is 0 Å². The fourth-order valence-corrected chi connectivity index (χ4v) is 2.13. The fourth-order valence-electron chi connectivity index (χ4n) is 2.13. The summed E-state index contributed by atoms with van der Waals surface area (Å²) in [5.74, 6) is -1.28. The summed E-state index contributed by atoms with van der Waals surface area (Å²) in [4.78, 5) is 34.3. The Morgan fingerprint density at radius 2 is 1.95 bits per heavy atom. The van der Waals surface area contributed by atoms with Crippen LogP contribution in [0.1, 0.15) is 54.7 Å². The van der Waals surface area contributed by atoms with Crippen molar-refractivity contribution in [2.75, 3.05) is 6.54 Å². The average molecular weight is 295 g/mol. The largest absolute Gasteiger partial charge is 0.481 e. The van der Waals surface area contributed by atoms with E-state index in [1.165, 1.54) is 0 Å². The molecule has 0 saturated heterocycles. The number of rotatable bonds is 8. The van der Waals surface area contributed by atoms with Crippen molar-refractivity contribution in [1.82, 2.24) is 15.5 Å². The monoisotopic (exact) mass is 295 g/mol. The molecule has 21 heavy (non-hydrogen) atoms. The molecule has 0 saturated carbocycles. The fraction of sp³-hybridized carbons (Fsp3) is 0.571. The van der Waals surface area contributed by atoms with Gasteiger partial charge in [-0.05, 0) is 31.2 Å². The predicted molar refractivity (Wildman–Crippen MR) is 77.4 cm³/mol. The third-order valence-electron chi connectivity index (χ3n) is 3.19. The van der Waals surface area contributed by atoms with Crippen LogP contribution in [0.3, 0.4) is 0 Å². The van der Waals surface area contributed by atoms with Crippen molar-refractivity contribution in [2.24, 2.45) is 0 Å². The quantitative estimate of drug-likeness (QED) is 0.616. The highest BCUT2D eigenvalue weighted by Gasteiger charge is 2.18. The third-order valence-corrected chi connectivity index (χ3v) is 3.19. The zero-order chi connectivity index (χ0) is 15.8. The van der Waals surface area contributed by atoms with Crippen molar-refractivity contribution in [3.63, 3.8) is 0 Å². The van der Waals surface area contributed by atoms with Crippen LogP contribution in [-0.4, -0.2) is 33.7 Å². The Kier molecular flexibility index (Phi) is 6.58. The topological polar surface area (TPSA) is 112 Å². The maximum atomic E-state index is 12.1. The number of amides is 1. The smallest absolute Gasteiger partial charge is 0.303 e. The van der Waals surface area contributed by atoms with Crippen LogP contribution in [0.4, 0.5) is 0 Å². The van der Waals surface area contributed by atoms with E-state index in [2.05, 4.69) is 15.5 Å². The van der Waals surface area contributed by atoms with E-state index in [0.717, 1.165) is 0 Å². The number of aromatic nitrogens is 2. The lowest BCUT2D eigenvalue weighted by atomic mass is 10.0. The highest BCUT2D eigenvalue weighted by molar-refractivity contribution is 5.95. The van der Waals surface area contributed by atoms with Crippen molar-refractivity contribution in [3.05, 3.63) is 27.2 Å². The zero-order valence-corrected chi connectivity index (χ0v) is 12.4. The first-order valence-corrected chi connectivity index (χ1v) is 7.11. The molecule has 0 spiro atoms. The maximum Gasteiger partial charge on any atom is 0.303 e. The van der Waals surface area contributed by atoms with Gasteiger partial charge >= 0.3 is 5.97 Å². The number of hydrogen-bond donors (Lipinski definition) is 3. The molecule has 0 atom stereocenters. The number of aliphatic carboxylic acids is 1. The zero-order valence-electron chi connectivity index (χ0n) is 12.4. The molecule has 7 heteroatoms. The summed E-state index contributed by atoms with van der Waals surface area (Å²) in [5, 5.41) is 17.5. The first kappa shape index (κ1) is 16.9. The molecule has 0 aromatic carbocycles. The predicted octanol–water partition coefficient (Wildman–Crippen LogP) is 0.879. The lowest BCUT2D eigenvalue weighted by Crippen LogP contribution is -2.33. The molecular weight excluding hydrogens is 274 g/mol. The SMILES string of the molecule is CCc1n[nH]c(=O)c(C(=O)NCCCCC(=O)O)c1CC. The summed E-state index contributed by atoms with van der Waals surface area (Å²) in [6.07, 6.45) is 2.32. The van der Waals surface area contributed by atoms with Gasteiger partial charge in [0.05, 0.1) is 5.69 Å². The lowest BCUT2D eigenvalue weighted by molar-refractivity contribution is -0.137. The number of unbranched alkanes of at least 4 members (excludes halogenated alkanes) is 1. The van der Waals surface area contributed by atoms with Gasteiger partial charge in [0.1, 0.15) is 5.56 Å². The Morgan fingerprint density at radius 1 is 1.24 bits per heavy atom. The van der Waals surface area contributed by atoms with E-state index in [1.807, 2.05) is 13.8 Å². The Morgan fingerprint density at radius 3 is 2.52 bits per heavy atom. The van der Waals surface area contributed by atoms with E-state index >= 15 is 0 Å². The molecule has 1 amide bonds. The van der Waals surface area contributed by atoms with E-state index in [4.69, 9.17) is 5.11 Å². The maximum absolute atomic E-state index is 12.1. The minimum atomic E-state index is -0.854. The van der Waals surface area contributed by atoms with Gasteiger partial charge < -0.3 is 10.4 Å². The van der Waals surface area contributed by atoms with E-state index < -0.39 is 17.4 Å². The van der Waals surface area contributed by atoms with Gasteiger partial charge in [0.25, 0.3) is 11.5 Å². The molecule has 1 heterocycles. The molecule has 1 aromatic rings. The van der Waals surface area contributed by atoms with Crippen LogP contribution < -0.4 is 10.9 Å². The van der Waals surface area contributed by atoms with Gasteiger partial charge in [-0.3, -0.25) is 14.4 Å². The summed E-state index contributed by atoms with van der Waals surface area (Å²) < 4.78 is 0. The Hall–Kier alpha value is -2.18. The van der Waals surface area contributed by atoms with Crippen molar-refractivity contribution in [2.45, 2.75) is 46.0 Å². The molecule has 0 fully saturated rings. The number of carboxylic acid groups (broad SMARTS) is 1. The molecule has 0 bridgehead atoms. The van der Waals surface area contributed by atoms with Crippen LogP contribution in [-0.2, 0) is 17.6 Å². The van der Waals surface area contributed by atoms with Gasteiger partial charge in [-0.1, -0.05) is 13.8 Å². The number of carbonyl (C=O) groups is 2. The number of aromatic amines is 1. The molecule has 1 rings (SSSR count). The van der Waals surface area contributed by atoms with Gasteiger partial charge in [0.15, 0.2) is 0 Å². The van der Waals surface area contributed by atoms with Crippen LogP contribution in [0.15, 0.2) is 4.79 Å². The molecule has 3 N–H and O–H groups in total. The molecule has 0 unspecified atom stereocenters. The standard InChI is InChI=1S/C14H21N3O4/c1-3-9-10(4-2)16-17-14(21)12(9)13(20)15-8-6-5-7-11(18)19/h3-8H2,1-2H3,(H,15,20)(H,17,21)(H,18,19). The number of nitrogens with one attached hydrogen (secondary N) is 2. The molecule has 116 valence electrons. The minimum Gasteiger partial charge on any atom is -0.481 e. The first-order valence-electron chi connectivity index (χ1n) is 7.11. The Bertz CT molecular complexity index is 566. The lowest BCUT2D eigenvalue weighted by Gasteiger charge is -2.10. The van der Waals surface area contributed by atoms with E-state index in [9.17, 15) is 14.4 Å². The number of aryl methyl sites for hydroxylation is 1. The summed E-state index contributed by atoms with van der Waals surface area (Å²) in [6.45, 7) is 4.13. The first-order chi connectivity index (χ1) is 10.0. The van der Waals surface area contributed by atoms with E-state index in [0.29, 0.717) is 43.5 Å². The molecule has 0 radical (unpaired) electrons. The van der Waals surface area contributed by atoms with E-state index in [-0.39, 0.29) is 12.0 Å². The average Bonchev–Trinajstić information content (AvgIpc) is 2.45. The molecule has 7 nitrogen and oxygen atoms in total. The highest BCUT2D eigenvalue weighted by atomic mass is 16.4. The van der Waals surface area contributed by atoms with Crippen LogP contribution in [0.25, 0.3) is 0 Å². The van der Waals surface area contributed by atoms with Crippen LogP contribution in [0.2, 0.25) is 0 Å². The van der Waals surface area contributed by atoms with Crippen molar-refractivity contribution < 1.29 is 14.7 Å². The second kappa shape index (κ2) is 8.18. The number of carbonyl (C=O) groups excluding carboxylic acids is 1. The van der Waals surface area contributed by atoms with Gasteiger partial charge in [0.2, 0.25) is 0 Å². The summed E-state index contributed by atoms with van der Waals surface area (Å²) in [6, 6.07) is 0. The van der Waals surface area contributed by atoms with Gasteiger partial charge in [-0.15, -0.1) is 0 Å². The summed E-state index contributed by atoms with van der Waals surface area (Å²) in [5.41, 5.74) is 1.01. The van der Waals surface area contributed by atoms with Crippen LogP contribution in [0, 0.1) is 0 Å². The van der Waals surface area contributed by atoms with E-state index in [1.54, 1.807) is 0 Å². The molecule has 0 aliphatic heterocycles. The van der Waals surface area contributed by atoms with Gasteiger partial charge in [-0.2, -0.15) is 5.10 Å². The molecule has 0 aliphatic carbocycles. The number of H-pyrrole nitrogens is 1. The number of carboxylic acids is 1. The molecule has 0 aliphatic rings. The Labute approximate surface area is 122 Å². The highest BCUT2D eigenvalue weighted by Crippen LogP contribution is 2.10. The summed E-state index contributed by atoms with van der Waals surface area (Å²) >= 11 is 0. The number of nitrogens with zero attached hydrogens (tertiary/aromatic N) is 1. The third kappa shape index (κ3) is 4.70. The van der Waals surface area contributed by atoms with Crippen molar-refractivity contribution >= 4 is 11.9 Å². The normalized spacial score (nSPS) is 10.4. The Balaban J connectivity index is 2.74. The van der Waals surface area contributed by atoms with Crippen molar-refractivity contribution in [3.8, 4) is 0 Å². The molecular formula is C14H21N3O4. The van der Waals surface area contributed by atoms with Crippen LogP contribution in [0.5, 0.6) is 0 Å². The van der Waals surface area contributed by atoms with Gasteiger partial charge in [-0.25, -0.2) is 5.10 Å². The number of hydrogen-bond acceptors (Lipinski definition) is 4. The second-order valence-corrected chi connectivity index (χ2v) is 4.67. The summed E-state index contributed by atoms with van der Waals surface area (Å²) in [7, 11) is 0. The van der Waals surface area contributed by atoms with Gasteiger partial charge in [0, 0.05) is 13.0 Å². The second-order valence-electron chi connectivity index (χ2n) is 4.67. The molecule has 1 aromatic heterocycles.